The van der Waals surface area contributed by atoms with Crippen molar-refractivity contribution in [3.63, 3.8) is 0 Å². The molecule has 0 radical (unpaired) electrons. The van der Waals surface area contributed by atoms with Crippen molar-refractivity contribution in [3.05, 3.63) is 11.8 Å². The minimum absolute atomic E-state index is 0.0528. The monoisotopic (exact) mass is 240 g/mol. The highest BCUT2D eigenvalue weighted by molar-refractivity contribution is 5.41. The highest BCUT2D eigenvalue weighted by Gasteiger charge is 2.00. The van der Waals surface area contributed by atoms with Gasteiger partial charge in [-0.25, -0.2) is 4.98 Å². The van der Waals surface area contributed by atoms with Crippen molar-refractivity contribution in [2.24, 2.45) is 0 Å². The molecule has 1 rings (SSSR count). The Morgan fingerprint density at radius 2 is 2.12 bits per heavy atom. The van der Waals surface area contributed by atoms with E-state index in [1.807, 2.05) is 19.9 Å². The van der Waals surface area contributed by atoms with Gasteiger partial charge in [-0.2, -0.15) is 4.98 Å². The summed E-state index contributed by atoms with van der Waals surface area (Å²) in [4.78, 5) is 8.56. The van der Waals surface area contributed by atoms with Gasteiger partial charge in [0, 0.05) is 24.8 Å². The van der Waals surface area contributed by atoms with Crippen LogP contribution in [0.2, 0.25) is 0 Å². The number of anilines is 2. The lowest BCUT2D eigenvalue weighted by Gasteiger charge is -2.09. The van der Waals surface area contributed by atoms with Crippen LogP contribution >= 0.6 is 0 Å². The summed E-state index contributed by atoms with van der Waals surface area (Å²) in [6, 6.07) is 1.88. The number of aryl methyl sites for hydroxylation is 1. The number of nitrogens with one attached hydrogen (secondary N) is 2. The van der Waals surface area contributed by atoms with Crippen LogP contribution in [-0.2, 0) is 4.74 Å². The van der Waals surface area contributed by atoms with E-state index in [0.29, 0.717) is 25.7 Å². The molecule has 0 unspecified atom stereocenters. The molecule has 0 bridgehead atoms. The van der Waals surface area contributed by atoms with Gasteiger partial charge in [0.15, 0.2) is 0 Å². The van der Waals surface area contributed by atoms with Gasteiger partial charge in [0.05, 0.1) is 19.8 Å². The van der Waals surface area contributed by atoms with E-state index in [4.69, 9.17) is 9.84 Å². The molecule has 17 heavy (non-hydrogen) atoms. The molecule has 6 nitrogen and oxygen atoms in total. The fourth-order valence-corrected chi connectivity index (χ4v) is 1.31. The Morgan fingerprint density at radius 1 is 1.29 bits per heavy atom. The zero-order chi connectivity index (χ0) is 12.5. The Labute approximate surface area is 101 Å². The summed E-state index contributed by atoms with van der Waals surface area (Å²) in [7, 11) is 0. The molecule has 0 atom stereocenters. The molecule has 0 saturated heterocycles. The third kappa shape index (κ3) is 5.46. The summed E-state index contributed by atoms with van der Waals surface area (Å²) in [5.41, 5.74) is 0.912. The number of aromatic nitrogens is 2. The van der Waals surface area contributed by atoms with Gasteiger partial charge in [-0.3, -0.25) is 0 Å². The molecule has 0 fully saturated rings. The molecule has 96 valence electrons. The number of rotatable bonds is 8. The molecule has 1 aromatic heterocycles. The molecular formula is C11H20N4O2. The number of hydrogen-bond acceptors (Lipinski definition) is 6. The Balaban J connectivity index is 2.41. The van der Waals surface area contributed by atoms with E-state index in [0.717, 1.165) is 18.1 Å². The Bertz CT molecular complexity index is 333. The fraction of sp³-hybridized carbons (Fsp3) is 0.636. The molecule has 6 heteroatoms. The van der Waals surface area contributed by atoms with Crippen LogP contribution in [0.4, 0.5) is 11.8 Å². The van der Waals surface area contributed by atoms with E-state index < -0.39 is 0 Å². The third-order valence-corrected chi connectivity index (χ3v) is 1.98. The van der Waals surface area contributed by atoms with Crippen LogP contribution in [0.25, 0.3) is 0 Å². The number of aliphatic hydroxyl groups excluding tert-OH is 1. The lowest BCUT2D eigenvalue weighted by atomic mass is 10.4. The summed E-state index contributed by atoms with van der Waals surface area (Å²) in [6.45, 7) is 6.34. The fourth-order valence-electron chi connectivity index (χ4n) is 1.31. The largest absolute Gasteiger partial charge is 0.394 e. The highest BCUT2D eigenvalue weighted by Crippen LogP contribution is 2.08. The maximum Gasteiger partial charge on any atom is 0.224 e. The standard InChI is InChI=1S/C11H20N4O2/c1-3-12-11-14-9(2)8-10(15-11)13-4-6-17-7-5-16/h8,16H,3-7H2,1-2H3,(H2,12,13,14,15). The molecule has 0 aromatic carbocycles. The summed E-state index contributed by atoms with van der Waals surface area (Å²) < 4.78 is 5.14. The molecule has 0 spiro atoms. The Kier molecular flexibility index (Phi) is 6.27. The maximum absolute atomic E-state index is 8.54. The highest BCUT2D eigenvalue weighted by atomic mass is 16.5. The van der Waals surface area contributed by atoms with Crippen LogP contribution in [0, 0.1) is 6.92 Å². The Morgan fingerprint density at radius 3 is 2.82 bits per heavy atom. The first-order valence-electron chi connectivity index (χ1n) is 5.78. The summed E-state index contributed by atoms with van der Waals surface area (Å²) >= 11 is 0. The van der Waals surface area contributed by atoms with E-state index >= 15 is 0 Å². The van der Waals surface area contributed by atoms with Crippen LogP contribution in [-0.4, -0.2) is 48.0 Å². The van der Waals surface area contributed by atoms with Crippen LogP contribution < -0.4 is 10.6 Å². The molecular weight excluding hydrogens is 220 g/mol. The van der Waals surface area contributed by atoms with Crippen molar-refractivity contribution >= 4 is 11.8 Å². The van der Waals surface area contributed by atoms with Gasteiger partial charge in [0.1, 0.15) is 5.82 Å². The minimum Gasteiger partial charge on any atom is -0.394 e. The van der Waals surface area contributed by atoms with E-state index in [1.54, 1.807) is 0 Å². The number of ether oxygens (including phenoxy) is 1. The normalized spacial score (nSPS) is 10.3. The molecule has 0 aliphatic rings. The SMILES string of the molecule is CCNc1nc(C)cc(NCCOCCO)n1. The molecule has 1 aromatic rings. The second-order valence-corrected chi connectivity index (χ2v) is 3.51. The smallest absolute Gasteiger partial charge is 0.224 e. The van der Waals surface area contributed by atoms with Gasteiger partial charge >= 0.3 is 0 Å². The number of hydrogen-bond donors (Lipinski definition) is 3. The van der Waals surface area contributed by atoms with E-state index in [-0.39, 0.29) is 6.61 Å². The molecule has 3 N–H and O–H groups in total. The van der Waals surface area contributed by atoms with Gasteiger partial charge in [-0.1, -0.05) is 0 Å². The molecule has 0 aliphatic heterocycles. The van der Waals surface area contributed by atoms with Gasteiger partial charge in [-0.05, 0) is 13.8 Å². The van der Waals surface area contributed by atoms with Crippen LogP contribution in [0.15, 0.2) is 6.07 Å². The van der Waals surface area contributed by atoms with Crippen molar-refractivity contribution in [1.82, 2.24) is 9.97 Å². The second kappa shape index (κ2) is 7.81. The third-order valence-electron chi connectivity index (χ3n) is 1.98. The van der Waals surface area contributed by atoms with Gasteiger partial charge in [-0.15, -0.1) is 0 Å². The molecule has 0 amide bonds. The first kappa shape index (κ1) is 13.7. The summed E-state index contributed by atoms with van der Waals surface area (Å²) in [5.74, 6) is 1.41. The van der Waals surface area contributed by atoms with E-state index in [2.05, 4.69) is 20.6 Å². The molecule has 0 aliphatic carbocycles. The second-order valence-electron chi connectivity index (χ2n) is 3.51. The van der Waals surface area contributed by atoms with Crippen molar-refractivity contribution in [3.8, 4) is 0 Å². The van der Waals surface area contributed by atoms with Crippen molar-refractivity contribution in [2.45, 2.75) is 13.8 Å². The Hall–Kier alpha value is -1.40. The average Bonchev–Trinajstić information content (AvgIpc) is 2.28. The average molecular weight is 240 g/mol. The minimum atomic E-state index is 0.0528. The van der Waals surface area contributed by atoms with Crippen LogP contribution in [0.3, 0.4) is 0 Å². The van der Waals surface area contributed by atoms with E-state index in [9.17, 15) is 0 Å². The maximum atomic E-state index is 8.54. The van der Waals surface area contributed by atoms with Gasteiger partial charge in [0.2, 0.25) is 5.95 Å². The molecule has 0 saturated carbocycles. The van der Waals surface area contributed by atoms with Crippen LogP contribution in [0.5, 0.6) is 0 Å². The number of aliphatic hydroxyl groups is 1. The predicted molar refractivity (Wildman–Crippen MR) is 67.3 cm³/mol. The topological polar surface area (TPSA) is 79.3 Å². The van der Waals surface area contributed by atoms with Gasteiger partial charge in [0.25, 0.3) is 0 Å². The summed E-state index contributed by atoms with van der Waals surface area (Å²) in [5, 5.41) is 14.8. The first-order valence-corrected chi connectivity index (χ1v) is 5.78. The lowest BCUT2D eigenvalue weighted by Crippen LogP contribution is -2.13. The zero-order valence-electron chi connectivity index (χ0n) is 10.4. The van der Waals surface area contributed by atoms with Crippen molar-refractivity contribution < 1.29 is 9.84 Å². The van der Waals surface area contributed by atoms with Crippen molar-refractivity contribution in [1.29, 1.82) is 0 Å². The number of nitrogens with zero attached hydrogens (tertiary/aromatic N) is 2. The predicted octanol–water partition coefficient (Wildman–Crippen LogP) is 0.638. The van der Waals surface area contributed by atoms with Gasteiger partial charge < -0.3 is 20.5 Å². The quantitative estimate of drug-likeness (QED) is 0.579. The molecule has 1 heterocycles. The van der Waals surface area contributed by atoms with E-state index in [1.165, 1.54) is 0 Å². The summed E-state index contributed by atoms with van der Waals surface area (Å²) in [6.07, 6.45) is 0. The van der Waals surface area contributed by atoms with Crippen molar-refractivity contribution in [2.75, 3.05) is 43.5 Å². The lowest BCUT2D eigenvalue weighted by molar-refractivity contribution is 0.0992. The first-order chi connectivity index (χ1) is 8.26. The van der Waals surface area contributed by atoms with Crippen LogP contribution in [0.1, 0.15) is 12.6 Å². The zero-order valence-corrected chi connectivity index (χ0v) is 10.4.